The number of benzene rings is 2. The zero-order chi connectivity index (χ0) is 14.2. The van der Waals surface area contributed by atoms with Crippen molar-refractivity contribution in [3.63, 3.8) is 0 Å². The summed E-state index contributed by atoms with van der Waals surface area (Å²) < 4.78 is 47.8. The highest BCUT2D eigenvalue weighted by molar-refractivity contribution is 8.00. The maximum absolute atomic E-state index is 14.6. The number of hydrogen-bond acceptors (Lipinski definition) is 2. The summed E-state index contributed by atoms with van der Waals surface area (Å²) in [5.74, 6) is -3.66. The molecule has 0 fully saturated rings. The third kappa shape index (κ3) is 2.11. The van der Waals surface area contributed by atoms with Gasteiger partial charge < -0.3 is 4.74 Å². The molecule has 1 aliphatic heterocycles. The first-order valence-electron chi connectivity index (χ1n) is 6.06. The fourth-order valence-corrected chi connectivity index (χ4v) is 3.14. The molecule has 0 saturated heterocycles. The quantitative estimate of drug-likeness (QED) is 0.810. The van der Waals surface area contributed by atoms with Gasteiger partial charge in [0.15, 0.2) is 0 Å². The number of thioether (sulfide) groups is 1. The molecule has 0 saturated carbocycles. The largest absolute Gasteiger partial charge is 0.342 e. The number of ether oxygens (including phenoxy) is 1. The molecular weight excluding hydrogens is 285 g/mol. The van der Waals surface area contributed by atoms with Gasteiger partial charge in [0.2, 0.25) is 0 Å². The Bertz CT molecular complexity index is 618. The molecule has 0 aliphatic carbocycles. The monoisotopic (exact) mass is 296 g/mol. The summed E-state index contributed by atoms with van der Waals surface area (Å²) >= 11 is 0.426. The molecule has 0 aromatic heterocycles. The van der Waals surface area contributed by atoms with Gasteiger partial charge in [-0.05, 0) is 23.4 Å². The van der Waals surface area contributed by atoms with E-state index in [2.05, 4.69) is 0 Å². The van der Waals surface area contributed by atoms with Crippen LogP contribution in [0.15, 0.2) is 59.5 Å². The van der Waals surface area contributed by atoms with Gasteiger partial charge in [0.05, 0.1) is 6.61 Å². The van der Waals surface area contributed by atoms with E-state index in [1.54, 1.807) is 36.4 Å². The van der Waals surface area contributed by atoms with Crippen molar-refractivity contribution in [3.05, 3.63) is 65.7 Å². The lowest BCUT2D eigenvalue weighted by Crippen LogP contribution is -2.37. The highest BCUT2D eigenvalue weighted by Gasteiger charge is 2.64. The fourth-order valence-electron chi connectivity index (χ4n) is 2.05. The molecule has 1 aliphatic rings. The van der Waals surface area contributed by atoms with Crippen LogP contribution in [0.25, 0.3) is 0 Å². The van der Waals surface area contributed by atoms with E-state index in [0.29, 0.717) is 17.3 Å². The number of rotatable bonds is 3. The zero-order valence-corrected chi connectivity index (χ0v) is 11.2. The van der Waals surface area contributed by atoms with E-state index in [1.807, 2.05) is 0 Å². The fraction of sp³-hybridized carbons (Fsp3) is 0.200. The summed E-state index contributed by atoms with van der Waals surface area (Å²) in [5.41, 5.74) is 0.331. The maximum Gasteiger partial charge on any atom is 0.342 e. The summed E-state index contributed by atoms with van der Waals surface area (Å²) in [6.07, 6.45) is 0. The number of fused-ring (bicyclic) bond motifs is 1. The number of halogens is 3. The smallest absolute Gasteiger partial charge is 0.328 e. The third-order valence-corrected chi connectivity index (χ3v) is 4.32. The van der Waals surface area contributed by atoms with Gasteiger partial charge in [0.1, 0.15) is 0 Å². The Hall–Kier alpha value is -1.46. The first kappa shape index (κ1) is 13.5. The van der Waals surface area contributed by atoms with Gasteiger partial charge in [-0.3, -0.25) is 0 Å². The second-order valence-electron chi connectivity index (χ2n) is 4.48. The molecule has 5 heteroatoms. The number of hydrogen-bond donors (Lipinski definition) is 0. The molecular formula is C15H11F3OS. The maximum atomic E-state index is 14.6. The van der Waals surface area contributed by atoms with Gasteiger partial charge in [-0.2, -0.15) is 13.2 Å². The van der Waals surface area contributed by atoms with E-state index in [9.17, 15) is 13.2 Å². The predicted molar refractivity (Wildman–Crippen MR) is 71.3 cm³/mol. The molecule has 104 valence electrons. The molecule has 1 unspecified atom stereocenters. The summed E-state index contributed by atoms with van der Waals surface area (Å²) in [6, 6.07) is 14.5. The van der Waals surface area contributed by atoms with Crippen LogP contribution in [0, 0.1) is 0 Å². The van der Waals surface area contributed by atoms with Crippen LogP contribution in [0.4, 0.5) is 13.2 Å². The molecule has 0 N–H and O–H groups in total. The normalized spacial score (nSPS) is 23.6. The summed E-state index contributed by atoms with van der Waals surface area (Å²) in [7, 11) is 0. The SMILES string of the molecule is FC1(OCc2ccccc2)Sc2ccccc2C1(F)F. The van der Waals surface area contributed by atoms with E-state index in [4.69, 9.17) is 4.74 Å². The van der Waals surface area contributed by atoms with Crippen LogP contribution in [-0.2, 0) is 17.3 Å². The van der Waals surface area contributed by atoms with Crippen LogP contribution in [0.2, 0.25) is 0 Å². The Kier molecular flexibility index (Phi) is 3.26. The first-order valence-corrected chi connectivity index (χ1v) is 6.88. The molecule has 0 spiro atoms. The third-order valence-electron chi connectivity index (χ3n) is 3.11. The Morgan fingerprint density at radius 1 is 0.900 bits per heavy atom. The van der Waals surface area contributed by atoms with Crippen LogP contribution in [-0.4, -0.2) is 5.19 Å². The molecule has 3 rings (SSSR count). The lowest BCUT2D eigenvalue weighted by molar-refractivity contribution is -0.229. The van der Waals surface area contributed by atoms with Crippen molar-refractivity contribution >= 4 is 11.8 Å². The second-order valence-corrected chi connectivity index (χ2v) is 5.65. The van der Waals surface area contributed by atoms with Crippen molar-refractivity contribution in [2.75, 3.05) is 0 Å². The van der Waals surface area contributed by atoms with Crippen LogP contribution >= 0.6 is 11.8 Å². The highest BCUT2D eigenvalue weighted by atomic mass is 32.2. The van der Waals surface area contributed by atoms with Crippen molar-refractivity contribution in [2.24, 2.45) is 0 Å². The Balaban J connectivity index is 1.83. The molecule has 2 aromatic carbocycles. The predicted octanol–water partition coefficient (Wildman–Crippen LogP) is 4.72. The minimum Gasteiger partial charge on any atom is -0.328 e. The van der Waals surface area contributed by atoms with E-state index in [-0.39, 0.29) is 17.1 Å². The molecule has 1 nitrogen and oxygen atoms in total. The van der Waals surface area contributed by atoms with E-state index in [1.165, 1.54) is 18.2 Å². The van der Waals surface area contributed by atoms with Crippen molar-refractivity contribution in [1.29, 1.82) is 0 Å². The summed E-state index contributed by atoms with van der Waals surface area (Å²) in [4.78, 5) is 0.216. The summed E-state index contributed by atoms with van der Waals surface area (Å²) in [6.45, 7) is -0.200. The van der Waals surface area contributed by atoms with Gasteiger partial charge in [0, 0.05) is 10.5 Å². The molecule has 1 atom stereocenters. The van der Waals surface area contributed by atoms with Gasteiger partial charge in [0.25, 0.3) is 0 Å². The van der Waals surface area contributed by atoms with Crippen molar-refractivity contribution in [3.8, 4) is 0 Å². The van der Waals surface area contributed by atoms with Crippen molar-refractivity contribution in [1.82, 2.24) is 0 Å². The van der Waals surface area contributed by atoms with Gasteiger partial charge in [-0.25, -0.2) is 0 Å². The Morgan fingerprint density at radius 3 is 2.25 bits per heavy atom. The second kappa shape index (κ2) is 4.82. The molecule has 0 amide bonds. The van der Waals surface area contributed by atoms with Crippen LogP contribution in [0.3, 0.4) is 0 Å². The van der Waals surface area contributed by atoms with E-state index >= 15 is 0 Å². The van der Waals surface area contributed by atoms with Gasteiger partial charge in [-0.1, -0.05) is 48.5 Å². The minimum absolute atomic E-state index is 0.200. The standard InChI is InChI=1S/C15H11F3OS/c16-14(17)12-8-4-5-9-13(12)20-15(14,18)19-10-11-6-2-1-3-7-11/h1-9H,10H2. The molecule has 2 aromatic rings. The average Bonchev–Trinajstić information content (AvgIpc) is 2.66. The van der Waals surface area contributed by atoms with Gasteiger partial charge >= 0.3 is 11.1 Å². The van der Waals surface area contributed by atoms with E-state index in [0.717, 1.165) is 0 Å². The van der Waals surface area contributed by atoms with Crippen LogP contribution in [0.1, 0.15) is 11.1 Å². The topological polar surface area (TPSA) is 9.23 Å². The highest BCUT2D eigenvalue weighted by Crippen LogP contribution is 2.60. The van der Waals surface area contributed by atoms with Crippen molar-refractivity contribution in [2.45, 2.75) is 22.6 Å². The molecule has 0 bridgehead atoms. The average molecular weight is 296 g/mol. The van der Waals surface area contributed by atoms with Crippen LogP contribution < -0.4 is 0 Å². The Labute approximate surface area is 118 Å². The molecule has 20 heavy (non-hydrogen) atoms. The molecule has 1 heterocycles. The first-order chi connectivity index (χ1) is 9.53. The van der Waals surface area contributed by atoms with Crippen LogP contribution in [0.5, 0.6) is 0 Å². The van der Waals surface area contributed by atoms with E-state index < -0.39 is 11.1 Å². The summed E-state index contributed by atoms with van der Waals surface area (Å²) in [5, 5.41) is -3.06. The minimum atomic E-state index is -3.66. The van der Waals surface area contributed by atoms with Gasteiger partial charge in [-0.15, -0.1) is 0 Å². The van der Waals surface area contributed by atoms with Crippen molar-refractivity contribution < 1.29 is 17.9 Å². The molecule has 0 radical (unpaired) electrons. The number of alkyl halides is 3. The lowest BCUT2D eigenvalue weighted by Gasteiger charge is -2.26. The zero-order valence-electron chi connectivity index (χ0n) is 10.4. The lowest BCUT2D eigenvalue weighted by atomic mass is 10.1. The Morgan fingerprint density at radius 2 is 1.55 bits per heavy atom.